The van der Waals surface area contributed by atoms with Crippen LogP contribution in [0.3, 0.4) is 0 Å². The minimum Gasteiger partial charge on any atom is -1.00 e. The van der Waals surface area contributed by atoms with Gasteiger partial charge >= 0.3 is 41.9 Å². The molecular weight excluding hydrogens is 247 g/mol. The predicted octanol–water partition coefficient (Wildman–Crippen LogP) is -1.14. The van der Waals surface area contributed by atoms with Crippen LogP contribution in [0.25, 0.3) is 0 Å². The maximum Gasteiger partial charge on any atom is 2.00 e. The standard InChI is InChI=1S/C7H8.2C4H9.ClH.Li.Mg/c1-7-5-3-2-4-6-7;2*1-3-4-2;;;/h2-6H,1H3;2*1,3-4H2,2H3;1H;;/q;2*-1;;+1;+2/p-1. The van der Waals surface area contributed by atoms with Crippen molar-refractivity contribution in [1.82, 2.24) is 0 Å². The van der Waals surface area contributed by atoms with E-state index in [1.807, 2.05) is 18.2 Å². The molecule has 1 aromatic carbocycles. The van der Waals surface area contributed by atoms with E-state index in [1.54, 1.807) is 0 Å². The van der Waals surface area contributed by atoms with Gasteiger partial charge in [0.05, 0.1) is 0 Å². The fraction of sp³-hybridized carbons (Fsp3) is 0.467. The van der Waals surface area contributed by atoms with Crippen LogP contribution in [0.5, 0.6) is 0 Å². The van der Waals surface area contributed by atoms with Crippen LogP contribution in [0.15, 0.2) is 30.3 Å². The average molecular weight is 273 g/mol. The summed E-state index contributed by atoms with van der Waals surface area (Å²) >= 11 is 0. The van der Waals surface area contributed by atoms with Gasteiger partial charge in [-0.25, -0.2) is 0 Å². The molecule has 96 valence electrons. The largest absolute Gasteiger partial charge is 2.00 e. The molecule has 0 N–H and O–H groups in total. The van der Waals surface area contributed by atoms with Crippen molar-refractivity contribution in [3.05, 3.63) is 49.7 Å². The Morgan fingerprint density at radius 1 is 0.889 bits per heavy atom. The number of benzene rings is 1. The minimum atomic E-state index is 0. The van der Waals surface area contributed by atoms with E-state index in [2.05, 4.69) is 46.8 Å². The van der Waals surface area contributed by atoms with E-state index in [1.165, 1.54) is 18.4 Å². The van der Waals surface area contributed by atoms with E-state index >= 15 is 0 Å². The number of halogens is 1. The maximum absolute atomic E-state index is 3.60. The third-order valence-electron chi connectivity index (χ3n) is 1.65. The molecule has 0 unspecified atom stereocenters. The molecule has 0 heterocycles. The zero-order valence-electron chi connectivity index (χ0n) is 12.7. The second kappa shape index (κ2) is 30.7. The van der Waals surface area contributed by atoms with Crippen molar-refractivity contribution in [2.24, 2.45) is 0 Å². The van der Waals surface area contributed by atoms with Crippen LogP contribution in [0, 0.1) is 20.8 Å². The van der Waals surface area contributed by atoms with Gasteiger partial charge in [-0.15, -0.1) is 0 Å². The van der Waals surface area contributed by atoms with Crippen LogP contribution in [0.1, 0.15) is 45.1 Å². The van der Waals surface area contributed by atoms with Crippen LogP contribution in [0.4, 0.5) is 0 Å². The number of unbranched alkanes of at least 4 members (excludes halogenated alkanes) is 2. The van der Waals surface area contributed by atoms with Crippen molar-refractivity contribution < 1.29 is 31.3 Å². The first-order chi connectivity index (χ1) is 7.22. The Labute approximate surface area is 149 Å². The van der Waals surface area contributed by atoms with Crippen molar-refractivity contribution in [2.45, 2.75) is 46.5 Å². The summed E-state index contributed by atoms with van der Waals surface area (Å²) in [5.74, 6) is 0. The van der Waals surface area contributed by atoms with E-state index in [4.69, 9.17) is 0 Å². The Kier molecular flexibility index (Phi) is 53.4. The van der Waals surface area contributed by atoms with Gasteiger partial charge in [0.15, 0.2) is 0 Å². The molecular formula is C15H26ClLiMg. The van der Waals surface area contributed by atoms with Gasteiger partial charge in [-0.3, -0.25) is 0 Å². The van der Waals surface area contributed by atoms with Crippen LogP contribution in [-0.4, -0.2) is 23.1 Å². The molecule has 0 saturated heterocycles. The van der Waals surface area contributed by atoms with Crippen molar-refractivity contribution in [1.29, 1.82) is 0 Å². The minimum absolute atomic E-state index is 0. The molecule has 0 radical (unpaired) electrons. The van der Waals surface area contributed by atoms with E-state index in [0.29, 0.717) is 0 Å². The van der Waals surface area contributed by atoms with Gasteiger partial charge in [0.1, 0.15) is 0 Å². The number of hydrogen-bond acceptors (Lipinski definition) is 0. The number of hydrogen-bond donors (Lipinski definition) is 0. The van der Waals surface area contributed by atoms with Crippen LogP contribution in [-0.2, 0) is 0 Å². The van der Waals surface area contributed by atoms with Crippen molar-refractivity contribution in [3.63, 3.8) is 0 Å². The van der Waals surface area contributed by atoms with Gasteiger partial charge in [-0.2, -0.15) is 12.8 Å². The molecule has 3 heteroatoms. The van der Waals surface area contributed by atoms with Crippen LogP contribution >= 0.6 is 0 Å². The van der Waals surface area contributed by atoms with E-state index in [0.717, 1.165) is 12.8 Å². The molecule has 0 saturated carbocycles. The molecule has 0 bridgehead atoms. The molecule has 18 heavy (non-hydrogen) atoms. The van der Waals surface area contributed by atoms with Crippen LogP contribution < -0.4 is 31.3 Å². The quantitative estimate of drug-likeness (QED) is 0.472. The van der Waals surface area contributed by atoms with E-state index in [9.17, 15) is 0 Å². The summed E-state index contributed by atoms with van der Waals surface area (Å²) < 4.78 is 0. The molecule has 0 amide bonds. The Bertz CT molecular complexity index is 185. The predicted molar refractivity (Wildman–Crippen MR) is 77.5 cm³/mol. The monoisotopic (exact) mass is 272 g/mol. The van der Waals surface area contributed by atoms with Crippen molar-refractivity contribution in [3.8, 4) is 0 Å². The van der Waals surface area contributed by atoms with Gasteiger partial charge in [-0.1, -0.05) is 62.6 Å². The zero-order chi connectivity index (χ0) is 11.9. The SMILES string of the molecule is Cc1ccccc1.[CH2-]CCC.[CH2-]CCC.[Cl-].[Li+].[Mg+2]. The summed E-state index contributed by atoms with van der Waals surface area (Å²) in [6.45, 7) is 13.5. The number of rotatable bonds is 2. The maximum atomic E-state index is 3.60. The van der Waals surface area contributed by atoms with Gasteiger partial charge < -0.3 is 26.3 Å². The first-order valence-corrected chi connectivity index (χ1v) is 5.82. The summed E-state index contributed by atoms with van der Waals surface area (Å²) in [6, 6.07) is 10.3. The molecule has 0 aliphatic rings. The van der Waals surface area contributed by atoms with Gasteiger partial charge in [0.25, 0.3) is 0 Å². The summed E-state index contributed by atoms with van der Waals surface area (Å²) in [7, 11) is 0. The summed E-state index contributed by atoms with van der Waals surface area (Å²) in [5, 5.41) is 0. The Hall–Kier alpha value is 0.874. The molecule has 0 atom stereocenters. The molecule has 1 rings (SSSR count). The summed E-state index contributed by atoms with van der Waals surface area (Å²) in [5.41, 5.74) is 1.32. The van der Waals surface area contributed by atoms with Gasteiger partial charge in [0.2, 0.25) is 0 Å². The topological polar surface area (TPSA) is 0 Å². The fourth-order valence-electron chi connectivity index (χ4n) is 0.534. The zero-order valence-corrected chi connectivity index (χ0v) is 14.9. The fourth-order valence-corrected chi connectivity index (χ4v) is 0.534. The molecule has 0 aromatic heterocycles. The van der Waals surface area contributed by atoms with Crippen LogP contribution in [0.2, 0.25) is 0 Å². The summed E-state index contributed by atoms with van der Waals surface area (Å²) in [6.07, 6.45) is 4.56. The number of aryl methyl sites for hydroxylation is 1. The molecule has 0 spiro atoms. The normalized spacial score (nSPS) is 6.72. The Morgan fingerprint density at radius 2 is 1.17 bits per heavy atom. The molecule has 0 nitrogen and oxygen atoms in total. The first-order valence-electron chi connectivity index (χ1n) is 5.82. The molecule has 1 aromatic rings. The Morgan fingerprint density at radius 3 is 1.28 bits per heavy atom. The van der Waals surface area contributed by atoms with Crippen molar-refractivity contribution in [2.75, 3.05) is 0 Å². The molecule has 0 aliphatic heterocycles. The third-order valence-corrected chi connectivity index (χ3v) is 1.65. The van der Waals surface area contributed by atoms with E-state index < -0.39 is 0 Å². The van der Waals surface area contributed by atoms with Crippen molar-refractivity contribution >= 4 is 23.1 Å². The summed E-state index contributed by atoms with van der Waals surface area (Å²) in [4.78, 5) is 0. The van der Waals surface area contributed by atoms with E-state index in [-0.39, 0.29) is 54.3 Å². The second-order valence-corrected chi connectivity index (χ2v) is 3.36. The van der Waals surface area contributed by atoms with Gasteiger partial charge in [-0.05, 0) is 6.92 Å². The van der Waals surface area contributed by atoms with Gasteiger partial charge in [0, 0.05) is 0 Å². The Balaban J connectivity index is -0.0000000461. The molecule has 0 fully saturated rings. The average Bonchev–Trinajstić information content (AvgIpc) is 2.31. The third kappa shape index (κ3) is 36.0. The molecule has 0 aliphatic carbocycles. The smallest absolute Gasteiger partial charge is 1.00 e. The first kappa shape index (κ1) is 31.3. The second-order valence-electron chi connectivity index (χ2n) is 3.36.